The van der Waals surface area contributed by atoms with Crippen LogP contribution in [0.2, 0.25) is 0 Å². The van der Waals surface area contributed by atoms with Crippen molar-refractivity contribution in [3.05, 3.63) is 0 Å². The highest BCUT2D eigenvalue weighted by Gasteiger charge is 2.09. The van der Waals surface area contributed by atoms with Crippen LogP contribution in [0, 0.1) is 12.8 Å². The first-order valence-electron chi connectivity index (χ1n) is 3.15. The Morgan fingerprint density at radius 1 is 1.56 bits per heavy atom. The van der Waals surface area contributed by atoms with Crippen molar-refractivity contribution in [1.29, 1.82) is 0 Å². The van der Waals surface area contributed by atoms with Crippen LogP contribution < -0.4 is 10.6 Å². The van der Waals surface area contributed by atoms with Crippen molar-refractivity contribution in [2.24, 2.45) is 0 Å². The van der Waals surface area contributed by atoms with Crippen LogP contribution in [0.5, 0.6) is 0 Å². The van der Waals surface area contributed by atoms with E-state index in [1.165, 1.54) is 13.0 Å². The van der Waals surface area contributed by atoms with Gasteiger partial charge in [0, 0.05) is 12.6 Å². The maximum absolute atomic E-state index is 4.00. The van der Waals surface area contributed by atoms with Gasteiger partial charge in [-0.1, -0.05) is 0 Å². The number of hydrogen-bond acceptors (Lipinski definition) is 2. The van der Waals surface area contributed by atoms with Gasteiger partial charge in [0.25, 0.3) is 0 Å². The quantitative estimate of drug-likeness (QED) is 0.476. The van der Waals surface area contributed by atoms with E-state index in [1.54, 1.807) is 0 Å². The number of rotatable bonds is 1. The summed E-state index contributed by atoms with van der Waals surface area (Å²) in [4.78, 5) is 0. The van der Waals surface area contributed by atoms with Gasteiger partial charge in [-0.2, -0.15) is 0 Å². The van der Waals surface area contributed by atoms with E-state index in [0.717, 1.165) is 12.6 Å². The summed E-state index contributed by atoms with van der Waals surface area (Å²) in [6.07, 6.45) is 9.29. The van der Waals surface area contributed by atoms with E-state index < -0.39 is 0 Å². The molecular formula is C7H14N2. The van der Waals surface area contributed by atoms with E-state index in [1.807, 2.05) is 7.05 Å². The molecule has 0 amide bonds. The second-order valence-corrected chi connectivity index (χ2v) is 1.98. The van der Waals surface area contributed by atoms with Gasteiger partial charge in [0.05, 0.1) is 0 Å². The molecule has 0 aromatic heterocycles. The average molecular weight is 126 g/mol. The third-order valence-corrected chi connectivity index (χ3v) is 1.47. The lowest BCUT2D eigenvalue weighted by Gasteiger charge is -2.02. The van der Waals surface area contributed by atoms with E-state index >= 15 is 0 Å². The van der Waals surface area contributed by atoms with Crippen molar-refractivity contribution in [3.63, 3.8) is 0 Å². The van der Waals surface area contributed by atoms with Crippen molar-refractivity contribution in [2.75, 3.05) is 20.1 Å². The van der Waals surface area contributed by atoms with E-state index in [-0.39, 0.29) is 0 Å². The summed E-state index contributed by atoms with van der Waals surface area (Å²) in [5, 5.41) is 6.46. The minimum absolute atomic E-state index is 0.736. The van der Waals surface area contributed by atoms with Crippen LogP contribution in [0.15, 0.2) is 0 Å². The van der Waals surface area contributed by atoms with Crippen molar-refractivity contribution in [2.45, 2.75) is 12.5 Å². The molecule has 1 fully saturated rings. The van der Waals surface area contributed by atoms with Gasteiger partial charge >= 0.3 is 0 Å². The number of likely N-dealkylation sites (N-methyl/N-ethyl adjacent to an activating group) is 1. The van der Waals surface area contributed by atoms with Crippen LogP contribution in [0.3, 0.4) is 0 Å². The normalized spacial score (nSPS) is 24.6. The fourth-order valence-corrected chi connectivity index (χ4v) is 0.901. The van der Waals surface area contributed by atoms with Gasteiger partial charge in [0.15, 0.2) is 0 Å². The van der Waals surface area contributed by atoms with Crippen molar-refractivity contribution in [3.8, 4) is 12.8 Å². The zero-order valence-corrected chi connectivity index (χ0v) is 5.85. The van der Waals surface area contributed by atoms with Crippen molar-refractivity contribution in [1.82, 2.24) is 10.6 Å². The number of hydrogen-bond donors (Lipinski definition) is 2. The topological polar surface area (TPSA) is 24.1 Å². The van der Waals surface area contributed by atoms with Crippen LogP contribution in [-0.2, 0) is 0 Å². The standard InChI is InChI=1S/C5H12N2.C2H2/c1-6-5-2-3-7-4-5;1-2/h5-7H,2-4H2,1H3;1-2H/t5-;/m0./s1. The van der Waals surface area contributed by atoms with E-state index in [4.69, 9.17) is 0 Å². The second-order valence-electron chi connectivity index (χ2n) is 1.98. The Morgan fingerprint density at radius 2 is 2.22 bits per heavy atom. The smallest absolute Gasteiger partial charge is 0.0201 e. The summed E-state index contributed by atoms with van der Waals surface area (Å²) >= 11 is 0. The van der Waals surface area contributed by atoms with Crippen LogP contribution in [0.1, 0.15) is 6.42 Å². The Labute approximate surface area is 57.0 Å². The maximum atomic E-state index is 4.00. The zero-order valence-electron chi connectivity index (χ0n) is 5.85. The molecular weight excluding hydrogens is 112 g/mol. The van der Waals surface area contributed by atoms with Crippen molar-refractivity contribution < 1.29 is 0 Å². The van der Waals surface area contributed by atoms with Crippen molar-refractivity contribution >= 4 is 0 Å². The fourth-order valence-electron chi connectivity index (χ4n) is 0.901. The molecule has 1 atom stereocenters. The summed E-state index contributed by atoms with van der Waals surface area (Å²) < 4.78 is 0. The first-order valence-corrected chi connectivity index (χ1v) is 3.15. The minimum Gasteiger partial charge on any atom is -0.316 e. The molecule has 9 heavy (non-hydrogen) atoms. The van der Waals surface area contributed by atoms with Crippen LogP contribution in [0.25, 0.3) is 0 Å². The Kier molecular flexibility index (Phi) is 5.29. The molecule has 52 valence electrons. The highest BCUT2D eigenvalue weighted by molar-refractivity contribution is 4.74. The highest BCUT2D eigenvalue weighted by Crippen LogP contribution is 1.93. The lowest BCUT2D eigenvalue weighted by molar-refractivity contribution is 0.611. The van der Waals surface area contributed by atoms with E-state index in [9.17, 15) is 0 Å². The zero-order chi connectivity index (χ0) is 7.11. The Bertz CT molecular complexity index is 72.2. The molecule has 1 aliphatic rings. The van der Waals surface area contributed by atoms with Crippen LogP contribution >= 0.6 is 0 Å². The first kappa shape index (κ1) is 8.48. The molecule has 0 aromatic carbocycles. The Hall–Kier alpha value is -0.520. The Morgan fingerprint density at radius 3 is 2.44 bits per heavy atom. The average Bonchev–Trinajstić information content (AvgIpc) is 2.43. The first-order chi connectivity index (χ1) is 4.43. The molecule has 2 nitrogen and oxygen atoms in total. The molecule has 0 aliphatic carbocycles. The van der Waals surface area contributed by atoms with Gasteiger partial charge in [0.1, 0.15) is 0 Å². The lowest BCUT2D eigenvalue weighted by Crippen LogP contribution is -2.26. The molecule has 1 rings (SSSR count). The van der Waals surface area contributed by atoms with Gasteiger partial charge in [-0.15, -0.1) is 12.8 Å². The van der Waals surface area contributed by atoms with Gasteiger partial charge in [-0.05, 0) is 20.0 Å². The summed E-state index contributed by atoms with van der Waals surface area (Å²) in [6.45, 7) is 2.34. The maximum Gasteiger partial charge on any atom is 0.0201 e. The summed E-state index contributed by atoms with van der Waals surface area (Å²) in [7, 11) is 2.01. The molecule has 0 radical (unpaired) electrons. The molecule has 2 heteroatoms. The summed E-state index contributed by atoms with van der Waals surface area (Å²) in [5.41, 5.74) is 0. The number of nitrogens with one attached hydrogen (secondary N) is 2. The molecule has 0 bridgehead atoms. The predicted molar refractivity (Wildman–Crippen MR) is 40.2 cm³/mol. The van der Waals surface area contributed by atoms with Gasteiger partial charge in [-0.3, -0.25) is 0 Å². The van der Waals surface area contributed by atoms with E-state index in [0.29, 0.717) is 0 Å². The fraction of sp³-hybridized carbons (Fsp3) is 0.714. The molecule has 0 spiro atoms. The molecule has 1 aliphatic heterocycles. The highest BCUT2D eigenvalue weighted by atomic mass is 15.0. The SMILES string of the molecule is C#C.CN[C@H]1CCNC1. The molecule has 0 unspecified atom stereocenters. The van der Waals surface area contributed by atoms with Crippen LogP contribution in [-0.4, -0.2) is 26.2 Å². The third-order valence-electron chi connectivity index (χ3n) is 1.47. The van der Waals surface area contributed by atoms with Gasteiger partial charge in [-0.25, -0.2) is 0 Å². The monoisotopic (exact) mass is 126 g/mol. The molecule has 1 heterocycles. The molecule has 1 saturated heterocycles. The summed E-state index contributed by atoms with van der Waals surface area (Å²) in [6, 6.07) is 0.736. The third kappa shape index (κ3) is 3.12. The van der Waals surface area contributed by atoms with Gasteiger partial charge in [0.2, 0.25) is 0 Å². The van der Waals surface area contributed by atoms with Gasteiger partial charge < -0.3 is 10.6 Å². The lowest BCUT2D eigenvalue weighted by atomic mass is 10.3. The molecule has 0 saturated carbocycles. The molecule has 0 aromatic rings. The molecule has 2 N–H and O–H groups in total. The Balaban J connectivity index is 0.000000291. The van der Waals surface area contributed by atoms with Crippen LogP contribution in [0.4, 0.5) is 0 Å². The van der Waals surface area contributed by atoms with E-state index in [2.05, 4.69) is 23.5 Å². The second kappa shape index (κ2) is 5.61. The largest absolute Gasteiger partial charge is 0.316 e. The number of terminal acetylenes is 1. The minimum atomic E-state index is 0.736. The predicted octanol–water partition coefficient (Wildman–Crippen LogP) is -0.183. The summed E-state index contributed by atoms with van der Waals surface area (Å²) in [5.74, 6) is 0.